The van der Waals surface area contributed by atoms with Gasteiger partial charge < -0.3 is 0 Å². The first-order valence-electron chi connectivity index (χ1n) is 4.30. The maximum atomic E-state index is 4.44. The Morgan fingerprint density at radius 2 is 2.15 bits per heavy atom. The Hall–Kier alpha value is -0.0900. The van der Waals surface area contributed by atoms with E-state index in [1.165, 1.54) is 0 Å². The molecule has 72 valence electrons. The first kappa shape index (κ1) is 11.0. The van der Waals surface area contributed by atoms with E-state index in [-0.39, 0.29) is 0 Å². The van der Waals surface area contributed by atoms with Gasteiger partial charge in [-0.2, -0.15) is 0 Å². The highest BCUT2D eigenvalue weighted by Crippen LogP contribution is 2.21. The molecule has 13 heavy (non-hydrogen) atoms. The molecule has 0 N–H and O–H groups in total. The summed E-state index contributed by atoms with van der Waals surface area (Å²) < 4.78 is 0.877. The molecular weight excluding hydrogens is 248 g/mol. The molecule has 0 fully saturated rings. The summed E-state index contributed by atoms with van der Waals surface area (Å²) in [7, 11) is 0. The van der Waals surface area contributed by atoms with Crippen molar-refractivity contribution in [3.05, 3.63) is 16.5 Å². The summed E-state index contributed by atoms with van der Waals surface area (Å²) in [5.74, 6) is 2.33. The average molecular weight is 261 g/mol. The second kappa shape index (κ2) is 4.96. The molecule has 0 saturated carbocycles. The lowest BCUT2D eigenvalue weighted by molar-refractivity contribution is 0.748. The molecule has 0 atom stereocenters. The van der Waals surface area contributed by atoms with Crippen LogP contribution in [0.5, 0.6) is 0 Å². The fraction of sp³-hybridized carbons (Fsp3) is 0.556. The Kier molecular flexibility index (Phi) is 4.19. The molecule has 0 aliphatic carbocycles. The van der Waals surface area contributed by atoms with Crippen LogP contribution < -0.4 is 0 Å². The van der Waals surface area contributed by atoms with Crippen molar-refractivity contribution in [2.24, 2.45) is 0 Å². The summed E-state index contributed by atoms with van der Waals surface area (Å²) in [5, 5.41) is 1.05. The van der Waals surface area contributed by atoms with Crippen LogP contribution in [0.3, 0.4) is 0 Å². The number of thioether (sulfide) groups is 1. The van der Waals surface area contributed by atoms with Crippen LogP contribution in [0, 0.1) is 0 Å². The van der Waals surface area contributed by atoms with Crippen LogP contribution in [0.15, 0.2) is 15.7 Å². The number of rotatable bonds is 3. The fourth-order valence-electron chi connectivity index (χ4n) is 0.894. The maximum Gasteiger partial charge on any atom is 0.133 e. The van der Waals surface area contributed by atoms with Gasteiger partial charge in [0, 0.05) is 12.0 Å². The van der Waals surface area contributed by atoms with Crippen LogP contribution in [-0.4, -0.2) is 15.7 Å². The van der Waals surface area contributed by atoms with E-state index in [0.29, 0.717) is 5.92 Å². The van der Waals surface area contributed by atoms with Crippen LogP contribution in [0.25, 0.3) is 0 Å². The summed E-state index contributed by atoms with van der Waals surface area (Å²) in [6, 6.07) is 1.96. The number of aromatic nitrogens is 2. The van der Waals surface area contributed by atoms with Gasteiger partial charge in [0.15, 0.2) is 0 Å². The van der Waals surface area contributed by atoms with Crippen molar-refractivity contribution in [1.82, 2.24) is 9.97 Å². The smallest absolute Gasteiger partial charge is 0.133 e. The summed E-state index contributed by atoms with van der Waals surface area (Å²) in [4.78, 5) is 8.75. The van der Waals surface area contributed by atoms with E-state index in [0.717, 1.165) is 21.2 Å². The Morgan fingerprint density at radius 3 is 2.69 bits per heavy atom. The minimum atomic E-state index is 0.383. The Labute approximate surface area is 91.7 Å². The highest BCUT2D eigenvalue weighted by atomic mass is 79.9. The zero-order valence-electron chi connectivity index (χ0n) is 8.04. The van der Waals surface area contributed by atoms with Crippen molar-refractivity contribution in [3.8, 4) is 0 Å². The molecule has 0 saturated heterocycles. The molecule has 1 rings (SSSR count). The standard InChI is InChI=1S/C9H13BrN2S/c1-4-13-8-5-7(10)11-9(12-8)6(2)3/h5-6H,4H2,1-3H3. The second-order valence-corrected chi connectivity index (χ2v) is 5.07. The normalized spacial score (nSPS) is 10.8. The number of hydrogen-bond donors (Lipinski definition) is 0. The van der Waals surface area contributed by atoms with Gasteiger partial charge in [-0.15, -0.1) is 11.8 Å². The molecular formula is C9H13BrN2S. The van der Waals surface area contributed by atoms with Crippen molar-refractivity contribution in [3.63, 3.8) is 0 Å². The predicted molar refractivity (Wildman–Crippen MR) is 60.2 cm³/mol. The molecule has 0 spiro atoms. The van der Waals surface area contributed by atoms with E-state index in [9.17, 15) is 0 Å². The molecule has 0 aliphatic heterocycles. The second-order valence-electron chi connectivity index (χ2n) is 2.97. The number of halogens is 1. The third-order valence-electron chi connectivity index (χ3n) is 1.50. The molecule has 0 radical (unpaired) electrons. The van der Waals surface area contributed by atoms with Gasteiger partial charge in [0.2, 0.25) is 0 Å². The first-order valence-corrected chi connectivity index (χ1v) is 6.08. The molecule has 1 aromatic rings. The molecule has 2 nitrogen and oxygen atoms in total. The van der Waals surface area contributed by atoms with Gasteiger partial charge in [-0.1, -0.05) is 20.8 Å². The minimum absolute atomic E-state index is 0.383. The monoisotopic (exact) mass is 260 g/mol. The van der Waals surface area contributed by atoms with Gasteiger partial charge in [0.25, 0.3) is 0 Å². The molecule has 1 heterocycles. The first-order chi connectivity index (χ1) is 6.13. The number of hydrogen-bond acceptors (Lipinski definition) is 3. The average Bonchev–Trinajstić information content (AvgIpc) is 2.03. The quantitative estimate of drug-likeness (QED) is 0.615. The maximum absolute atomic E-state index is 4.44. The SMILES string of the molecule is CCSc1cc(Br)nc(C(C)C)n1. The summed E-state index contributed by atoms with van der Waals surface area (Å²) in [6.45, 7) is 6.32. The van der Waals surface area contributed by atoms with Crippen molar-refractivity contribution in [2.45, 2.75) is 31.7 Å². The molecule has 0 unspecified atom stereocenters. The zero-order chi connectivity index (χ0) is 9.84. The Balaban J connectivity index is 2.96. The van der Waals surface area contributed by atoms with Crippen LogP contribution in [0.4, 0.5) is 0 Å². The van der Waals surface area contributed by atoms with E-state index in [4.69, 9.17) is 0 Å². The van der Waals surface area contributed by atoms with Crippen LogP contribution >= 0.6 is 27.7 Å². The highest BCUT2D eigenvalue weighted by Gasteiger charge is 2.06. The summed E-state index contributed by atoms with van der Waals surface area (Å²) in [6.07, 6.45) is 0. The third-order valence-corrected chi connectivity index (χ3v) is 2.70. The predicted octanol–water partition coefficient (Wildman–Crippen LogP) is 3.47. The van der Waals surface area contributed by atoms with Crippen molar-refractivity contribution in [2.75, 3.05) is 5.75 Å². The van der Waals surface area contributed by atoms with E-state index >= 15 is 0 Å². The number of nitrogens with zero attached hydrogens (tertiary/aromatic N) is 2. The topological polar surface area (TPSA) is 25.8 Å². The van der Waals surface area contributed by atoms with Crippen LogP contribution in [0.1, 0.15) is 32.5 Å². The molecule has 0 aliphatic rings. The van der Waals surface area contributed by atoms with E-state index in [1.54, 1.807) is 11.8 Å². The lowest BCUT2D eigenvalue weighted by Gasteiger charge is -2.06. The van der Waals surface area contributed by atoms with E-state index < -0.39 is 0 Å². The van der Waals surface area contributed by atoms with Crippen molar-refractivity contribution >= 4 is 27.7 Å². The van der Waals surface area contributed by atoms with E-state index in [2.05, 4.69) is 46.7 Å². The van der Waals surface area contributed by atoms with Crippen molar-refractivity contribution in [1.29, 1.82) is 0 Å². The van der Waals surface area contributed by atoms with Gasteiger partial charge in [0.05, 0.1) is 0 Å². The molecule has 1 aromatic heterocycles. The van der Waals surface area contributed by atoms with E-state index in [1.807, 2.05) is 6.07 Å². The van der Waals surface area contributed by atoms with Crippen molar-refractivity contribution < 1.29 is 0 Å². The highest BCUT2D eigenvalue weighted by molar-refractivity contribution is 9.10. The zero-order valence-corrected chi connectivity index (χ0v) is 10.4. The molecule has 0 bridgehead atoms. The summed E-state index contributed by atoms with van der Waals surface area (Å²) >= 11 is 5.13. The van der Waals surface area contributed by atoms with Gasteiger partial charge in [0.1, 0.15) is 15.5 Å². The molecule has 4 heteroatoms. The molecule has 0 amide bonds. The largest absolute Gasteiger partial charge is 0.226 e. The van der Waals surface area contributed by atoms with Gasteiger partial charge in [-0.25, -0.2) is 9.97 Å². The summed E-state index contributed by atoms with van der Waals surface area (Å²) in [5.41, 5.74) is 0. The Morgan fingerprint density at radius 1 is 1.46 bits per heavy atom. The van der Waals surface area contributed by atoms with Gasteiger partial charge in [-0.05, 0) is 21.7 Å². The lowest BCUT2D eigenvalue weighted by atomic mass is 10.2. The lowest BCUT2D eigenvalue weighted by Crippen LogP contribution is -1.98. The fourth-order valence-corrected chi connectivity index (χ4v) is 2.09. The third kappa shape index (κ3) is 3.27. The van der Waals surface area contributed by atoms with Gasteiger partial charge in [-0.3, -0.25) is 0 Å². The van der Waals surface area contributed by atoms with Gasteiger partial charge >= 0.3 is 0 Å². The Bertz CT molecular complexity index is 289. The molecule has 0 aromatic carbocycles. The van der Waals surface area contributed by atoms with Crippen LogP contribution in [-0.2, 0) is 0 Å². The minimum Gasteiger partial charge on any atom is -0.226 e. The van der Waals surface area contributed by atoms with Crippen LogP contribution in [0.2, 0.25) is 0 Å².